The van der Waals surface area contributed by atoms with Gasteiger partial charge in [0.1, 0.15) is 12.1 Å². The summed E-state index contributed by atoms with van der Waals surface area (Å²) in [6, 6.07) is 6.56. The standard InChI is InChI=1S/C18H21ClN2O5/c1-10(2)7-14(17(22)23)20-15(18(24)25)8-13-9-16(26-21-13)11-3-5-12(19)6-4-11/h3-6,9-10,14-15,20H,7-8H2,1-2H3,(H,22,23)(H,24,25). The van der Waals surface area contributed by atoms with Crippen molar-refractivity contribution in [3.63, 3.8) is 0 Å². The second-order valence-corrected chi connectivity index (χ2v) is 6.91. The lowest BCUT2D eigenvalue weighted by Crippen LogP contribution is -2.48. The van der Waals surface area contributed by atoms with Gasteiger partial charge in [-0.15, -0.1) is 0 Å². The van der Waals surface area contributed by atoms with Crippen LogP contribution in [0, 0.1) is 5.92 Å². The van der Waals surface area contributed by atoms with Crippen LogP contribution in [0.25, 0.3) is 11.3 Å². The summed E-state index contributed by atoms with van der Waals surface area (Å²) < 4.78 is 5.26. The maximum absolute atomic E-state index is 11.5. The summed E-state index contributed by atoms with van der Waals surface area (Å²) in [6.45, 7) is 3.76. The molecule has 0 aliphatic heterocycles. The van der Waals surface area contributed by atoms with E-state index in [2.05, 4.69) is 10.5 Å². The van der Waals surface area contributed by atoms with Crippen molar-refractivity contribution < 1.29 is 24.3 Å². The van der Waals surface area contributed by atoms with E-state index in [0.717, 1.165) is 5.56 Å². The zero-order valence-electron chi connectivity index (χ0n) is 14.5. The maximum Gasteiger partial charge on any atom is 0.321 e. The molecule has 1 heterocycles. The molecule has 2 aromatic rings. The number of aliphatic carboxylic acids is 2. The van der Waals surface area contributed by atoms with Crippen LogP contribution in [-0.2, 0) is 16.0 Å². The Kier molecular flexibility index (Phi) is 6.76. The van der Waals surface area contributed by atoms with Crippen molar-refractivity contribution in [2.75, 3.05) is 0 Å². The molecule has 3 N–H and O–H groups in total. The molecule has 2 unspecified atom stereocenters. The van der Waals surface area contributed by atoms with Gasteiger partial charge in [-0.2, -0.15) is 0 Å². The van der Waals surface area contributed by atoms with Gasteiger partial charge in [0.15, 0.2) is 5.76 Å². The van der Waals surface area contributed by atoms with Crippen molar-refractivity contribution in [2.45, 2.75) is 38.8 Å². The molecule has 1 aromatic heterocycles. The fraction of sp³-hybridized carbons (Fsp3) is 0.389. The fourth-order valence-corrected chi connectivity index (χ4v) is 2.67. The summed E-state index contributed by atoms with van der Waals surface area (Å²) in [5, 5.41) is 25.9. The van der Waals surface area contributed by atoms with Gasteiger partial charge in [0, 0.05) is 23.1 Å². The fourth-order valence-electron chi connectivity index (χ4n) is 2.54. The predicted octanol–water partition coefficient (Wildman–Crippen LogP) is 3.08. The van der Waals surface area contributed by atoms with Crippen molar-refractivity contribution >= 4 is 23.5 Å². The number of carbonyl (C=O) groups is 2. The highest BCUT2D eigenvalue weighted by Gasteiger charge is 2.27. The molecule has 26 heavy (non-hydrogen) atoms. The highest BCUT2D eigenvalue weighted by molar-refractivity contribution is 6.30. The summed E-state index contributed by atoms with van der Waals surface area (Å²) >= 11 is 5.85. The molecule has 0 fully saturated rings. The molecule has 140 valence electrons. The number of nitrogens with zero attached hydrogens (tertiary/aromatic N) is 1. The van der Waals surface area contributed by atoms with Crippen LogP contribution in [0.2, 0.25) is 5.02 Å². The Morgan fingerprint density at radius 3 is 2.31 bits per heavy atom. The van der Waals surface area contributed by atoms with E-state index in [4.69, 9.17) is 16.1 Å². The van der Waals surface area contributed by atoms with E-state index in [1.165, 1.54) is 0 Å². The van der Waals surface area contributed by atoms with Crippen LogP contribution in [0.15, 0.2) is 34.9 Å². The molecule has 0 aliphatic rings. The third kappa shape index (κ3) is 5.57. The largest absolute Gasteiger partial charge is 0.480 e. The summed E-state index contributed by atoms with van der Waals surface area (Å²) in [7, 11) is 0. The quantitative estimate of drug-likeness (QED) is 0.612. The number of carboxylic acids is 2. The van der Waals surface area contributed by atoms with E-state index in [1.54, 1.807) is 30.3 Å². The molecule has 0 amide bonds. The average molecular weight is 381 g/mol. The van der Waals surface area contributed by atoms with Crippen LogP contribution >= 0.6 is 11.6 Å². The number of nitrogens with one attached hydrogen (secondary N) is 1. The summed E-state index contributed by atoms with van der Waals surface area (Å²) in [5.74, 6) is -1.62. The van der Waals surface area contributed by atoms with Crippen molar-refractivity contribution in [1.29, 1.82) is 0 Å². The molecule has 2 rings (SSSR count). The average Bonchev–Trinajstić information content (AvgIpc) is 3.02. The third-order valence-electron chi connectivity index (χ3n) is 3.81. The number of hydrogen-bond donors (Lipinski definition) is 3. The Bertz CT molecular complexity index is 757. The van der Waals surface area contributed by atoms with E-state index >= 15 is 0 Å². The Hall–Kier alpha value is -2.38. The lowest BCUT2D eigenvalue weighted by molar-refractivity contribution is -0.142. The first-order valence-electron chi connectivity index (χ1n) is 8.19. The molecule has 8 heteroatoms. The van der Waals surface area contributed by atoms with Gasteiger partial charge in [-0.05, 0) is 36.6 Å². The normalized spacial score (nSPS) is 13.5. The number of aromatic nitrogens is 1. The SMILES string of the molecule is CC(C)CC(NC(Cc1cc(-c2ccc(Cl)cc2)on1)C(=O)O)C(=O)O. The number of benzene rings is 1. The number of hydrogen-bond acceptors (Lipinski definition) is 5. The highest BCUT2D eigenvalue weighted by atomic mass is 35.5. The van der Waals surface area contributed by atoms with Crippen molar-refractivity contribution in [2.24, 2.45) is 5.92 Å². The molecule has 0 saturated carbocycles. The molecular weight excluding hydrogens is 360 g/mol. The third-order valence-corrected chi connectivity index (χ3v) is 4.06. The van der Waals surface area contributed by atoms with Gasteiger partial charge in [-0.3, -0.25) is 14.9 Å². The Morgan fingerprint density at radius 1 is 1.15 bits per heavy atom. The van der Waals surface area contributed by atoms with Gasteiger partial charge in [0.2, 0.25) is 0 Å². The van der Waals surface area contributed by atoms with Gasteiger partial charge in [-0.25, -0.2) is 0 Å². The van der Waals surface area contributed by atoms with Crippen LogP contribution < -0.4 is 5.32 Å². The minimum absolute atomic E-state index is 0.00823. The van der Waals surface area contributed by atoms with E-state index in [1.807, 2.05) is 13.8 Å². The Morgan fingerprint density at radius 2 is 1.77 bits per heavy atom. The molecular formula is C18H21ClN2O5. The second kappa shape index (κ2) is 8.82. The Labute approximate surface area is 156 Å². The molecule has 0 bridgehead atoms. The smallest absolute Gasteiger partial charge is 0.321 e. The van der Waals surface area contributed by atoms with Crippen molar-refractivity contribution in [3.8, 4) is 11.3 Å². The molecule has 0 spiro atoms. The maximum atomic E-state index is 11.5. The predicted molar refractivity (Wildman–Crippen MR) is 96.1 cm³/mol. The number of carboxylic acid groups (broad SMARTS) is 2. The molecule has 7 nitrogen and oxygen atoms in total. The lowest BCUT2D eigenvalue weighted by atomic mass is 10.0. The summed E-state index contributed by atoms with van der Waals surface area (Å²) in [6.07, 6.45) is 0.336. The van der Waals surface area contributed by atoms with Crippen molar-refractivity contribution in [3.05, 3.63) is 41.0 Å². The number of rotatable bonds is 9. The zero-order chi connectivity index (χ0) is 19.3. The minimum atomic E-state index is -1.14. The molecule has 1 aromatic carbocycles. The van der Waals surface area contributed by atoms with Gasteiger partial charge >= 0.3 is 11.9 Å². The van der Waals surface area contributed by atoms with E-state index in [9.17, 15) is 19.8 Å². The van der Waals surface area contributed by atoms with Gasteiger partial charge in [0.05, 0.1) is 5.69 Å². The first kappa shape index (κ1) is 19.9. The lowest BCUT2D eigenvalue weighted by Gasteiger charge is -2.21. The highest BCUT2D eigenvalue weighted by Crippen LogP contribution is 2.23. The molecule has 0 saturated heterocycles. The molecule has 2 atom stereocenters. The summed E-state index contributed by atoms with van der Waals surface area (Å²) in [5.41, 5.74) is 1.18. The zero-order valence-corrected chi connectivity index (χ0v) is 15.2. The molecule has 0 radical (unpaired) electrons. The van der Waals surface area contributed by atoms with E-state index in [-0.39, 0.29) is 12.3 Å². The van der Waals surface area contributed by atoms with Gasteiger partial charge < -0.3 is 14.7 Å². The van der Waals surface area contributed by atoms with Gasteiger partial charge in [-0.1, -0.05) is 30.6 Å². The Balaban J connectivity index is 2.11. The summed E-state index contributed by atoms with van der Waals surface area (Å²) in [4.78, 5) is 22.9. The minimum Gasteiger partial charge on any atom is -0.480 e. The van der Waals surface area contributed by atoms with Crippen LogP contribution in [0.5, 0.6) is 0 Å². The first-order valence-corrected chi connectivity index (χ1v) is 8.57. The van der Waals surface area contributed by atoms with Gasteiger partial charge in [0.25, 0.3) is 0 Å². The second-order valence-electron chi connectivity index (χ2n) is 6.47. The van der Waals surface area contributed by atoms with Crippen LogP contribution in [0.3, 0.4) is 0 Å². The van der Waals surface area contributed by atoms with Crippen molar-refractivity contribution in [1.82, 2.24) is 10.5 Å². The topological polar surface area (TPSA) is 113 Å². The molecule has 0 aliphatic carbocycles. The van der Waals surface area contributed by atoms with E-state index in [0.29, 0.717) is 22.9 Å². The number of halogens is 1. The van der Waals surface area contributed by atoms with E-state index < -0.39 is 24.0 Å². The van der Waals surface area contributed by atoms with Crippen LogP contribution in [0.1, 0.15) is 26.0 Å². The monoisotopic (exact) mass is 380 g/mol. The van der Waals surface area contributed by atoms with Crippen LogP contribution in [-0.4, -0.2) is 39.4 Å². The van der Waals surface area contributed by atoms with Crippen LogP contribution in [0.4, 0.5) is 0 Å². The first-order chi connectivity index (χ1) is 12.3.